The number of rotatable bonds is 6. The third-order valence-corrected chi connectivity index (χ3v) is 4.37. The second-order valence-corrected chi connectivity index (χ2v) is 7.76. The van der Waals surface area contributed by atoms with Crippen molar-refractivity contribution in [2.45, 2.75) is 39.7 Å². The van der Waals surface area contributed by atoms with Crippen molar-refractivity contribution in [1.29, 1.82) is 0 Å². The molecule has 2 aromatic rings. The normalized spacial score (nSPS) is 12.8. The Labute approximate surface area is 144 Å². The van der Waals surface area contributed by atoms with Gasteiger partial charge in [-0.15, -0.1) is 11.3 Å². The Morgan fingerprint density at radius 3 is 2.67 bits per heavy atom. The van der Waals surface area contributed by atoms with Crippen molar-refractivity contribution < 1.29 is 14.7 Å². The predicted octanol–water partition coefficient (Wildman–Crippen LogP) is 2.55. The van der Waals surface area contributed by atoms with Gasteiger partial charge in [0.25, 0.3) is 5.91 Å². The Hall–Kier alpha value is -2.22. The highest BCUT2D eigenvalue weighted by Gasteiger charge is 2.24. The molecule has 0 spiro atoms. The molecule has 2 aromatic heterocycles. The number of nitrogens with zero attached hydrogens (tertiary/aromatic N) is 3. The van der Waals surface area contributed by atoms with Gasteiger partial charge in [-0.25, -0.2) is 9.78 Å². The van der Waals surface area contributed by atoms with Gasteiger partial charge in [-0.05, 0) is 18.3 Å². The van der Waals surface area contributed by atoms with E-state index in [0.29, 0.717) is 17.8 Å². The molecule has 130 valence electrons. The van der Waals surface area contributed by atoms with Crippen molar-refractivity contribution in [2.24, 2.45) is 12.5 Å². The zero-order valence-corrected chi connectivity index (χ0v) is 15.1. The van der Waals surface area contributed by atoms with Crippen LogP contribution in [-0.2, 0) is 11.8 Å². The van der Waals surface area contributed by atoms with Gasteiger partial charge in [-0.3, -0.25) is 9.48 Å². The summed E-state index contributed by atoms with van der Waals surface area (Å²) in [5.74, 6) is -1.50. The Balaban J connectivity index is 2.05. The summed E-state index contributed by atoms with van der Waals surface area (Å²) in [6, 6.07) is -0.916. The molecule has 7 nitrogen and oxygen atoms in total. The van der Waals surface area contributed by atoms with E-state index in [9.17, 15) is 14.7 Å². The fraction of sp³-hybridized carbons (Fsp3) is 0.500. The summed E-state index contributed by atoms with van der Waals surface area (Å²) >= 11 is 1.32. The molecule has 2 rings (SSSR count). The average molecular weight is 350 g/mol. The van der Waals surface area contributed by atoms with E-state index in [0.717, 1.165) is 5.56 Å². The van der Waals surface area contributed by atoms with Crippen LogP contribution in [0.2, 0.25) is 0 Å². The van der Waals surface area contributed by atoms with Crippen LogP contribution in [0.15, 0.2) is 17.8 Å². The largest absolute Gasteiger partial charge is 0.480 e. The molecule has 1 unspecified atom stereocenters. The summed E-state index contributed by atoms with van der Waals surface area (Å²) in [5, 5.41) is 18.2. The lowest BCUT2D eigenvalue weighted by atomic mass is 9.88. The summed E-state index contributed by atoms with van der Waals surface area (Å²) in [7, 11) is 1.80. The number of thiazole rings is 1. The summed E-state index contributed by atoms with van der Waals surface area (Å²) in [5.41, 5.74) is 1.05. The molecular weight excluding hydrogens is 328 g/mol. The van der Waals surface area contributed by atoms with Gasteiger partial charge >= 0.3 is 5.97 Å². The van der Waals surface area contributed by atoms with E-state index in [1.165, 1.54) is 11.3 Å². The molecular formula is C16H22N4O3S. The standard InChI is InChI=1S/C16H22N4O3S/c1-16(2,3)6-5-11(15(22)23)18-13(21)12-9-24-14(19-12)10-7-17-20(4)8-10/h7-9,11H,5-6H2,1-4H3,(H,18,21)(H,22,23). The number of carbonyl (C=O) groups is 2. The number of nitrogens with one attached hydrogen (secondary N) is 1. The van der Waals surface area contributed by atoms with E-state index >= 15 is 0 Å². The minimum absolute atomic E-state index is 0.00649. The molecule has 0 aromatic carbocycles. The van der Waals surface area contributed by atoms with Crippen LogP contribution >= 0.6 is 11.3 Å². The minimum atomic E-state index is -1.03. The summed E-state index contributed by atoms with van der Waals surface area (Å²) in [6.07, 6.45) is 4.56. The third-order valence-electron chi connectivity index (χ3n) is 3.48. The Bertz CT molecular complexity index is 730. The molecule has 1 amide bonds. The zero-order valence-electron chi connectivity index (χ0n) is 14.2. The number of aromatic nitrogens is 3. The number of carbonyl (C=O) groups excluding carboxylic acids is 1. The molecule has 0 saturated carbocycles. The first-order valence-corrected chi connectivity index (χ1v) is 8.52. The van der Waals surface area contributed by atoms with Crippen LogP contribution in [0.1, 0.15) is 44.1 Å². The number of carboxylic acid groups (broad SMARTS) is 1. The van der Waals surface area contributed by atoms with Crippen molar-refractivity contribution >= 4 is 23.2 Å². The molecule has 0 radical (unpaired) electrons. The zero-order chi connectivity index (χ0) is 17.9. The molecule has 1 atom stereocenters. The fourth-order valence-electron chi connectivity index (χ4n) is 2.11. The van der Waals surface area contributed by atoms with Crippen LogP contribution in [0.25, 0.3) is 10.6 Å². The summed E-state index contributed by atoms with van der Waals surface area (Å²) in [6.45, 7) is 6.11. The molecule has 0 aliphatic rings. The molecule has 0 fully saturated rings. The monoisotopic (exact) mass is 350 g/mol. The first-order chi connectivity index (χ1) is 11.2. The van der Waals surface area contributed by atoms with Crippen LogP contribution < -0.4 is 5.32 Å². The molecule has 0 aliphatic carbocycles. The van der Waals surface area contributed by atoms with Crippen molar-refractivity contribution in [3.8, 4) is 10.6 Å². The fourth-order valence-corrected chi connectivity index (χ4v) is 2.88. The van der Waals surface area contributed by atoms with Gasteiger partial charge in [0.2, 0.25) is 0 Å². The predicted molar refractivity (Wildman–Crippen MR) is 91.9 cm³/mol. The van der Waals surface area contributed by atoms with Crippen LogP contribution in [0.5, 0.6) is 0 Å². The maximum absolute atomic E-state index is 12.3. The molecule has 0 bridgehead atoms. The number of hydrogen-bond donors (Lipinski definition) is 2. The Kier molecular flexibility index (Phi) is 5.38. The maximum Gasteiger partial charge on any atom is 0.326 e. The van der Waals surface area contributed by atoms with Crippen molar-refractivity contribution in [1.82, 2.24) is 20.1 Å². The van der Waals surface area contributed by atoms with Crippen molar-refractivity contribution in [2.75, 3.05) is 0 Å². The first kappa shape index (κ1) is 18.1. The highest BCUT2D eigenvalue weighted by atomic mass is 32.1. The van der Waals surface area contributed by atoms with Crippen molar-refractivity contribution in [3.63, 3.8) is 0 Å². The van der Waals surface area contributed by atoms with E-state index in [-0.39, 0.29) is 11.1 Å². The number of aliphatic carboxylic acids is 1. The number of amides is 1. The molecule has 2 N–H and O–H groups in total. The van der Waals surface area contributed by atoms with Gasteiger partial charge in [0.05, 0.1) is 6.20 Å². The van der Waals surface area contributed by atoms with Crippen molar-refractivity contribution in [3.05, 3.63) is 23.5 Å². The van der Waals surface area contributed by atoms with E-state index in [4.69, 9.17) is 0 Å². The lowest BCUT2D eigenvalue weighted by Gasteiger charge is -2.21. The lowest BCUT2D eigenvalue weighted by molar-refractivity contribution is -0.139. The van der Waals surface area contributed by atoms with Gasteiger partial charge in [0.15, 0.2) is 0 Å². The molecule has 24 heavy (non-hydrogen) atoms. The molecule has 8 heteroatoms. The maximum atomic E-state index is 12.3. The van der Waals surface area contributed by atoms with Gasteiger partial charge in [0, 0.05) is 24.2 Å². The quantitative estimate of drug-likeness (QED) is 0.834. The highest BCUT2D eigenvalue weighted by molar-refractivity contribution is 7.13. The summed E-state index contributed by atoms with van der Waals surface area (Å²) in [4.78, 5) is 27.9. The van der Waals surface area contributed by atoms with Crippen LogP contribution in [0.3, 0.4) is 0 Å². The second-order valence-electron chi connectivity index (χ2n) is 6.90. The number of aryl methyl sites for hydroxylation is 1. The van der Waals surface area contributed by atoms with Gasteiger partial charge < -0.3 is 10.4 Å². The van der Waals surface area contributed by atoms with Crippen LogP contribution in [0, 0.1) is 5.41 Å². The minimum Gasteiger partial charge on any atom is -0.480 e. The van der Waals surface area contributed by atoms with Gasteiger partial charge in [-0.2, -0.15) is 5.10 Å². The van der Waals surface area contributed by atoms with E-state index in [2.05, 4.69) is 15.4 Å². The molecule has 0 saturated heterocycles. The highest BCUT2D eigenvalue weighted by Crippen LogP contribution is 2.24. The number of carboxylic acids is 1. The Morgan fingerprint density at radius 2 is 2.12 bits per heavy atom. The van der Waals surface area contributed by atoms with E-state index in [1.807, 2.05) is 27.0 Å². The van der Waals surface area contributed by atoms with Gasteiger partial charge in [0.1, 0.15) is 16.7 Å². The van der Waals surface area contributed by atoms with Crippen LogP contribution in [-0.4, -0.2) is 37.8 Å². The molecule has 0 aliphatic heterocycles. The third kappa shape index (κ3) is 4.89. The lowest BCUT2D eigenvalue weighted by Crippen LogP contribution is -2.41. The van der Waals surface area contributed by atoms with Gasteiger partial charge in [-0.1, -0.05) is 20.8 Å². The van der Waals surface area contributed by atoms with Crippen LogP contribution in [0.4, 0.5) is 0 Å². The SMILES string of the molecule is Cn1cc(-c2nc(C(=O)NC(CCC(C)(C)C)C(=O)O)cs2)cn1. The van der Waals surface area contributed by atoms with E-state index < -0.39 is 17.9 Å². The number of hydrogen-bond acceptors (Lipinski definition) is 5. The molecule has 2 heterocycles. The smallest absolute Gasteiger partial charge is 0.326 e. The summed E-state index contributed by atoms with van der Waals surface area (Å²) < 4.78 is 1.66. The Morgan fingerprint density at radius 1 is 1.42 bits per heavy atom. The second kappa shape index (κ2) is 7.12. The van der Waals surface area contributed by atoms with E-state index in [1.54, 1.807) is 23.3 Å². The topological polar surface area (TPSA) is 97.1 Å². The average Bonchev–Trinajstić information content (AvgIpc) is 3.10. The first-order valence-electron chi connectivity index (χ1n) is 7.64.